The van der Waals surface area contributed by atoms with E-state index >= 15 is 0 Å². The number of methoxy groups -OCH3 is 1. The Morgan fingerprint density at radius 2 is 1.97 bits per heavy atom. The summed E-state index contributed by atoms with van der Waals surface area (Å²) in [5.74, 6) is 0.309. The van der Waals surface area contributed by atoms with Crippen LogP contribution in [0.1, 0.15) is 11.1 Å². The van der Waals surface area contributed by atoms with Crippen LogP contribution in [0, 0.1) is 11.3 Å². The highest BCUT2D eigenvalue weighted by Gasteiger charge is 2.51. The number of benzene rings is 2. The SMILES string of the molecule is COc1cc(Cl)ccc1O[C@H]1CN(S(=O)(=O)c2ccc(C(F)(F)F)cc2C#N)C[C@@]1(O)CO. The lowest BCUT2D eigenvalue weighted by atomic mass is 10.0. The number of rotatable bonds is 6. The van der Waals surface area contributed by atoms with E-state index in [1.54, 1.807) is 0 Å². The second kappa shape index (κ2) is 9.00. The molecule has 0 aliphatic carbocycles. The van der Waals surface area contributed by atoms with Gasteiger partial charge in [0.05, 0.1) is 36.3 Å². The molecule has 1 heterocycles. The van der Waals surface area contributed by atoms with Crippen molar-refractivity contribution in [2.45, 2.75) is 22.8 Å². The first kappa shape index (κ1) is 25.1. The molecule has 1 aliphatic rings. The van der Waals surface area contributed by atoms with E-state index in [1.807, 2.05) is 0 Å². The Hall–Kier alpha value is -2.56. The molecule has 0 spiro atoms. The average Bonchev–Trinajstić information content (AvgIpc) is 3.11. The molecule has 178 valence electrons. The Morgan fingerprint density at radius 3 is 2.55 bits per heavy atom. The van der Waals surface area contributed by atoms with E-state index < -0.39 is 63.6 Å². The first-order valence-corrected chi connectivity index (χ1v) is 11.1. The van der Waals surface area contributed by atoms with Crippen LogP contribution in [0.3, 0.4) is 0 Å². The van der Waals surface area contributed by atoms with Gasteiger partial charge in [0.2, 0.25) is 10.0 Å². The predicted molar refractivity (Wildman–Crippen MR) is 109 cm³/mol. The van der Waals surface area contributed by atoms with Gasteiger partial charge in [-0.25, -0.2) is 8.42 Å². The third kappa shape index (κ3) is 4.87. The van der Waals surface area contributed by atoms with Crippen molar-refractivity contribution in [1.82, 2.24) is 4.31 Å². The van der Waals surface area contributed by atoms with Crippen LogP contribution in [0.5, 0.6) is 11.5 Å². The van der Waals surface area contributed by atoms with E-state index in [0.717, 1.165) is 4.31 Å². The number of sulfonamides is 1. The van der Waals surface area contributed by atoms with Crippen LogP contribution in [0.4, 0.5) is 13.2 Å². The first-order chi connectivity index (χ1) is 15.4. The van der Waals surface area contributed by atoms with Crippen molar-refractivity contribution in [3.05, 3.63) is 52.5 Å². The van der Waals surface area contributed by atoms with Crippen molar-refractivity contribution in [3.8, 4) is 17.6 Å². The molecular formula is C20H18ClF3N2O6S. The average molecular weight is 507 g/mol. The van der Waals surface area contributed by atoms with Crippen LogP contribution >= 0.6 is 11.6 Å². The highest BCUT2D eigenvalue weighted by molar-refractivity contribution is 7.89. The second-order valence-electron chi connectivity index (χ2n) is 7.28. The van der Waals surface area contributed by atoms with E-state index in [1.165, 1.54) is 31.4 Å². The van der Waals surface area contributed by atoms with Crippen LogP contribution in [-0.4, -0.2) is 61.4 Å². The number of halogens is 4. The highest BCUT2D eigenvalue weighted by Crippen LogP contribution is 2.37. The fourth-order valence-corrected chi connectivity index (χ4v) is 5.15. The molecule has 0 aromatic heterocycles. The van der Waals surface area contributed by atoms with Crippen LogP contribution in [0.2, 0.25) is 5.02 Å². The van der Waals surface area contributed by atoms with E-state index in [9.17, 15) is 37.1 Å². The van der Waals surface area contributed by atoms with Gasteiger partial charge in [-0.15, -0.1) is 0 Å². The summed E-state index contributed by atoms with van der Waals surface area (Å²) < 4.78 is 76.8. The molecule has 33 heavy (non-hydrogen) atoms. The van der Waals surface area contributed by atoms with Gasteiger partial charge < -0.3 is 19.7 Å². The van der Waals surface area contributed by atoms with Gasteiger partial charge in [-0.05, 0) is 30.3 Å². The van der Waals surface area contributed by atoms with Crippen molar-refractivity contribution < 1.29 is 41.3 Å². The summed E-state index contributed by atoms with van der Waals surface area (Å²) in [6, 6.07) is 7.47. The molecule has 1 saturated heterocycles. The van der Waals surface area contributed by atoms with Crippen molar-refractivity contribution in [2.75, 3.05) is 26.8 Å². The van der Waals surface area contributed by atoms with Crippen LogP contribution in [0.15, 0.2) is 41.3 Å². The lowest BCUT2D eigenvalue weighted by Crippen LogP contribution is -2.48. The van der Waals surface area contributed by atoms with Crippen molar-refractivity contribution in [1.29, 1.82) is 5.26 Å². The van der Waals surface area contributed by atoms with Crippen LogP contribution in [0.25, 0.3) is 0 Å². The molecule has 0 amide bonds. The molecule has 1 aliphatic heterocycles. The molecule has 2 aromatic carbocycles. The highest BCUT2D eigenvalue weighted by atomic mass is 35.5. The van der Waals surface area contributed by atoms with Gasteiger partial charge in [0.25, 0.3) is 0 Å². The number of hydrogen-bond donors (Lipinski definition) is 2. The minimum Gasteiger partial charge on any atom is -0.493 e. The second-order valence-corrected chi connectivity index (χ2v) is 9.62. The number of aliphatic hydroxyl groups is 2. The normalized spacial score (nSPS) is 21.6. The Labute approximate surface area is 192 Å². The summed E-state index contributed by atoms with van der Waals surface area (Å²) in [5, 5.41) is 30.2. The smallest absolute Gasteiger partial charge is 0.416 e. The zero-order valence-corrected chi connectivity index (χ0v) is 18.6. The molecule has 8 nitrogen and oxygen atoms in total. The summed E-state index contributed by atoms with van der Waals surface area (Å²) in [6.45, 7) is -1.97. The summed E-state index contributed by atoms with van der Waals surface area (Å²) in [4.78, 5) is -0.664. The monoisotopic (exact) mass is 506 g/mol. The lowest BCUT2D eigenvalue weighted by molar-refractivity contribution is -0.137. The van der Waals surface area contributed by atoms with Gasteiger partial charge in [-0.1, -0.05) is 11.6 Å². The quantitative estimate of drug-likeness (QED) is 0.617. The maximum Gasteiger partial charge on any atom is 0.416 e. The summed E-state index contributed by atoms with van der Waals surface area (Å²) in [7, 11) is -3.19. The van der Waals surface area contributed by atoms with Gasteiger partial charge >= 0.3 is 6.18 Å². The predicted octanol–water partition coefficient (Wildman–Crippen LogP) is 2.41. The van der Waals surface area contributed by atoms with Crippen molar-refractivity contribution in [2.24, 2.45) is 0 Å². The Kier molecular flexibility index (Phi) is 6.84. The number of alkyl halides is 3. The number of ether oxygens (including phenoxy) is 2. The molecule has 2 N–H and O–H groups in total. The minimum atomic E-state index is -4.77. The summed E-state index contributed by atoms with van der Waals surface area (Å²) in [6.07, 6.45) is -6.04. The fourth-order valence-electron chi connectivity index (χ4n) is 3.36. The molecule has 0 saturated carbocycles. The molecule has 2 atom stereocenters. The maximum absolute atomic E-state index is 13.1. The van der Waals surface area contributed by atoms with Gasteiger partial charge in [-0.2, -0.15) is 22.7 Å². The van der Waals surface area contributed by atoms with Crippen LogP contribution < -0.4 is 9.47 Å². The third-order valence-electron chi connectivity index (χ3n) is 5.13. The molecule has 2 aromatic rings. The fraction of sp³-hybridized carbons (Fsp3) is 0.350. The number of hydrogen-bond acceptors (Lipinski definition) is 7. The third-order valence-corrected chi connectivity index (χ3v) is 7.24. The Morgan fingerprint density at radius 1 is 1.27 bits per heavy atom. The van der Waals surface area contributed by atoms with Crippen LogP contribution in [-0.2, 0) is 16.2 Å². The summed E-state index contributed by atoms with van der Waals surface area (Å²) >= 11 is 5.90. The molecule has 13 heteroatoms. The topological polar surface area (TPSA) is 120 Å². The largest absolute Gasteiger partial charge is 0.493 e. The molecule has 1 fully saturated rings. The Balaban J connectivity index is 1.96. The van der Waals surface area contributed by atoms with Gasteiger partial charge in [0, 0.05) is 17.6 Å². The number of nitrogens with zero attached hydrogens (tertiary/aromatic N) is 2. The first-order valence-electron chi connectivity index (χ1n) is 9.30. The molecule has 3 rings (SSSR count). The van der Waals surface area contributed by atoms with Gasteiger partial charge in [-0.3, -0.25) is 0 Å². The van der Waals surface area contributed by atoms with E-state index in [-0.39, 0.29) is 11.5 Å². The lowest BCUT2D eigenvalue weighted by Gasteiger charge is -2.27. The maximum atomic E-state index is 13.1. The minimum absolute atomic E-state index is 0.116. The molecular weight excluding hydrogens is 489 g/mol. The van der Waals surface area contributed by atoms with Gasteiger partial charge in [0.15, 0.2) is 11.5 Å². The van der Waals surface area contributed by atoms with Gasteiger partial charge in [0.1, 0.15) is 17.8 Å². The zero-order chi connectivity index (χ0) is 24.6. The summed E-state index contributed by atoms with van der Waals surface area (Å²) in [5.41, 5.74) is -3.93. The molecule has 0 radical (unpaired) electrons. The molecule has 0 bridgehead atoms. The Bertz CT molecular complexity index is 1200. The number of aliphatic hydroxyl groups excluding tert-OH is 1. The zero-order valence-electron chi connectivity index (χ0n) is 17.0. The van der Waals surface area contributed by atoms with Crippen molar-refractivity contribution >= 4 is 21.6 Å². The van der Waals surface area contributed by atoms with E-state index in [4.69, 9.17) is 21.1 Å². The standard InChI is InChI=1S/C20H18ClF3N2O6S/c1-31-16-7-14(21)3-4-15(16)32-18-9-26(10-19(18,28)11-27)33(29,30)17-5-2-13(20(22,23)24)6-12(17)8-25/h2-7,18,27-28H,9-11H2,1H3/t18-,19+/m0/s1. The number of nitriles is 1. The van der Waals surface area contributed by atoms with E-state index in [0.29, 0.717) is 23.2 Å². The van der Waals surface area contributed by atoms with E-state index in [2.05, 4.69) is 0 Å². The number of β-amino-alcohol motifs (C(OH)–C–C–N with tert-alkyl or cyclic N) is 1. The molecule has 0 unspecified atom stereocenters. The van der Waals surface area contributed by atoms with Crippen molar-refractivity contribution in [3.63, 3.8) is 0 Å².